The number of Topliss-reactive ketones (excluding diaryl/α,β-unsaturated/α-hetero) is 1. The second-order valence-electron chi connectivity index (χ2n) is 7.18. The molecular formula is C22H28N2O5S. The third-order valence-corrected chi connectivity index (χ3v) is 7.08. The summed E-state index contributed by atoms with van der Waals surface area (Å²) in [5, 5.41) is 3.13. The molecule has 3 rings (SSSR count). The van der Waals surface area contributed by atoms with E-state index in [4.69, 9.17) is 9.47 Å². The van der Waals surface area contributed by atoms with Crippen LogP contribution in [0.2, 0.25) is 0 Å². The lowest BCUT2D eigenvalue weighted by Crippen LogP contribution is -2.28. The fourth-order valence-corrected chi connectivity index (χ4v) is 5.04. The molecule has 0 unspecified atom stereocenters. The van der Waals surface area contributed by atoms with E-state index >= 15 is 0 Å². The molecule has 1 fully saturated rings. The van der Waals surface area contributed by atoms with Crippen molar-refractivity contribution in [3.63, 3.8) is 0 Å². The summed E-state index contributed by atoms with van der Waals surface area (Å²) in [4.78, 5) is 12.7. The average molecular weight is 433 g/mol. The summed E-state index contributed by atoms with van der Waals surface area (Å²) in [7, 11) is -0.343. The van der Waals surface area contributed by atoms with Gasteiger partial charge in [-0.25, -0.2) is 8.42 Å². The molecule has 7 nitrogen and oxygen atoms in total. The zero-order chi connectivity index (χ0) is 21.6. The van der Waals surface area contributed by atoms with Gasteiger partial charge in [-0.05, 0) is 55.6 Å². The molecular weight excluding hydrogens is 404 g/mol. The van der Waals surface area contributed by atoms with Crippen LogP contribution in [-0.2, 0) is 16.4 Å². The molecule has 2 aromatic rings. The van der Waals surface area contributed by atoms with Crippen molar-refractivity contribution in [3.05, 3.63) is 53.6 Å². The van der Waals surface area contributed by atoms with Gasteiger partial charge in [-0.15, -0.1) is 0 Å². The van der Waals surface area contributed by atoms with Crippen LogP contribution in [0.3, 0.4) is 0 Å². The SMILES string of the molecule is COc1ccc(CCNCC(=O)c2cccc(S(=O)(=O)N3CCCC3)c2)cc1OC. The molecule has 1 aliphatic heterocycles. The van der Waals surface area contributed by atoms with Gasteiger partial charge in [-0.2, -0.15) is 4.31 Å². The van der Waals surface area contributed by atoms with E-state index in [1.165, 1.54) is 10.4 Å². The molecule has 1 heterocycles. The fraction of sp³-hybridized carbons (Fsp3) is 0.409. The summed E-state index contributed by atoms with van der Waals surface area (Å²) in [6, 6.07) is 12.0. The van der Waals surface area contributed by atoms with Gasteiger partial charge in [0, 0.05) is 18.7 Å². The van der Waals surface area contributed by atoms with Crippen LogP contribution >= 0.6 is 0 Å². The van der Waals surface area contributed by atoms with Crippen molar-refractivity contribution < 1.29 is 22.7 Å². The number of nitrogens with one attached hydrogen (secondary N) is 1. The largest absolute Gasteiger partial charge is 0.493 e. The molecule has 0 aromatic heterocycles. The minimum Gasteiger partial charge on any atom is -0.493 e. The van der Waals surface area contributed by atoms with E-state index in [9.17, 15) is 13.2 Å². The predicted molar refractivity (Wildman–Crippen MR) is 115 cm³/mol. The molecule has 1 saturated heterocycles. The van der Waals surface area contributed by atoms with Gasteiger partial charge in [0.2, 0.25) is 10.0 Å². The van der Waals surface area contributed by atoms with E-state index in [0.717, 1.165) is 24.8 Å². The number of benzene rings is 2. The first kappa shape index (κ1) is 22.3. The van der Waals surface area contributed by atoms with Gasteiger partial charge in [0.15, 0.2) is 17.3 Å². The highest BCUT2D eigenvalue weighted by Gasteiger charge is 2.27. The Morgan fingerprint density at radius 3 is 2.47 bits per heavy atom. The number of hydrogen-bond donors (Lipinski definition) is 1. The molecule has 0 atom stereocenters. The number of methoxy groups -OCH3 is 2. The van der Waals surface area contributed by atoms with E-state index in [0.29, 0.717) is 36.7 Å². The van der Waals surface area contributed by atoms with Crippen LogP contribution in [0.15, 0.2) is 47.4 Å². The first-order valence-corrected chi connectivity index (χ1v) is 11.4. The highest BCUT2D eigenvalue weighted by Crippen LogP contribution is 2.27. The Morgan fingerprint density at radius 2 is 1.77 bits per heavy atom. The molecule has 1 aliphatic rings. The molecule has 0 radical (unpaired) electrons. The Bertz CT molecular complexity index is 985. The van der Waals surface area contributed by atoms with E-state index in [1.54, 1.807) is 32.4 Å². The predicted octanol–water partition coefficient (Wildman–Crippen LogP) is 2.50. The van der Waals surface area contributed by atoms with Gasteiger partial charge >= 0.3 is 0 Å². The number of carbonyl (C=O) groups excluding carboxylic acids is 1. The van der Waals surface area contributed by atoms with E-state index in [-0.39, 0.29) is 17.2 Å². The zero-order valence-corrected chi connectivity index (χ0v) is 18.2. The molecule has 1 N–H and O–H groups in total. The number of nitrogens with zero attached hydrogens (tertiary/aromatic N) is 1. The number of hydrogen-bond acceptors (Lipinski definition) is 6. The maximum atomic E-state index is 12.7. The lowest BCUT2D eigenvalue weighted by atomic mass is 10.1. The molecule has 0 spiro atoms. The monoisotopic (exact) mass is 432 g/mol. The number of sulfonamides is 1. The Hall–Kier alpha value is -2.42. The zero-order valence-electron chi connectivity index (χ0n) is 17.4. The van der Waals surface area contributed by atoms with Gasteiger partial charge in [-0.1, -0.05) is 18.2 Å². The van der Waals surface area contributed by atoms with Crippen molar-refractivity contribution in [2.24, 2.45) is 0 Å². The number of carbonyl (C=O) groups is 1. The van der Waals surface area contributed by atoms with Crippen LogP contribution in [0.1, 0.15) is 28.8 Å². The maximum Gasteiger partial charge on any atom is 0.243 e. The summed E-state index contributed by atoms with van der Waals surface area (Å²) in [5.41, 5.74) is 1.46. The summed E-state index contributed by atoms with van der Waals surface area (Å²) < 4.78 is 37.4. The second kappa shape index (κ2) is 10.1. The van der Waals surface area contributed by atoms with Crippen LogP contribution in [0.5, 0.6) is 11.5 Å². The van der Waals surface area contributed by atoms with Crippen molar-refractivity contribution in [3.8, 4) is 11.5 Å². The van der Waals surface area contributed by atoms with E-state index < -0.39 is 10.0 Å². The summed E-state index contributed by atoms with van der Waals surface area (Å²) in [6.07, 6.45) is 2.47. The van der Waals surface area contributed by atoms with E-state index in [1.807, 2.05) is 18.2 Å². The Kier molecular flexibility index (Phi) is 7.47. The smallest absolute Gasteiger partial charge is 0.243 e. The minimum absolute atomic E-state index is 0.138. The Labute approximate surface area is 178 Å². The maximum absolute atomic E-state index is 12.7. The average Bonchev–Trinajstić information content (AvgIpc) is 3.32. The minimum atomic E-state index is -3.53. The lowest BCUT2D eigenvalue weighted by Gasteiger charge is -2.16. The van der Waals surface area contributed by atoms with Crippen LogP contribution < -0.4 is 14.8 Å². The first-order valence-electron chi connectivity index (χ1n) is 10.0. The Balaban J connectivity index is 1.55. The Morgan fingerprint density at radius 1 is 1.03 bits per heavy atom. The molecule has 8 heteroatoms. The molecule has 162 valence electrons. The molecule has 0 aliphatic carbocycles. The fourth-order valence-electron chi connectivity index (χ4n) is 3.48. The van der Waals surface area contributed by atoms with Crippen molar-refractivity contribution in [1.29, 1.82) is 0 Å². The normalized spacial score (nSPS) is 14.6. The van der Waals surface area contributed by atoms with Crippen molar-refractivity contribution in [2.75, 3.05) is 40.4 Å². The summed E-state index contributed by atoms with van der Waals surface area (Å²) in [5.74, 6) is 1.20. The van der Waals surface area contributed by atoms with Gasteiger partial charge in [0.05, 0.1) is 25.7 Å². The summed E-state index contributed by atoms with van der Waals surface area (Å²) >= 11 is 0. The number of rotatable bonds is 10. The van der Waals surface area contributed by atoms with Crippen LogP contribution in [-0.4, -0.2) is 58.9 Å². The molecule has 0 saturated carbocycles. The third-order valence-electron chi connectivity index (χ3n) is 5.18. The highest BCUT2D eigenvalue weighted by atomic mass is 32.2. The standard InChI is InChI=1S/C22H28N2O5S/c1-28-21-9-8-17(14-22(21)29-2)10-11-23-16-20(25)18-6-5-7-19(15-18)30(26,27)24-12-3-4-13-24/h5-9,14-15,23H,3-4,10-13,16H2,1-2H3. The van der Waals surface area contributed by atoms with Crippen molar-refractivity contribution >= 4 is 15.8 Å². The van der Waals surface area contributed by atoms with Crippen LogP contribution in [0, 0.1) is 0 Å². The quantitative estimate of drug-likeness (QED) is 0.459. The summed E-state index contributed by atoms with van der Waals surface area (Å²) in [6.45, 7) is 1.82. The van der Waals surface area contributed by atoms with Crippen molar-refractivity contribution in [1.82, 2.24) is 9.62 Å². The molecule has 30 heavy (non-hydrogen) atoms. The van der Waals surface area contributed by atoms with Crippen LogP contribution in [0.25, 0.3) is 0 Å². The third kappa shape index (κ3) is 5.19. The molecule has 0 bridgehead atoms. The van der Waals surface area contributed by atoms with Gasteiger partial charge in [0.1, 0.15) is 0 Å². The van der Waals surface area contributed by atoms with E-state index in [2.05, 4.69) is 5.32 Å². The van der Waals surface area contributed by atoms with Gasteiger partial charge < -0.3 is 14.8 Å². The first-order chi connectivity index (χ1) is 14.5. The van der Waals surface area contributed by atoms with Gasteiger partial charge in [-0.3, -0.25) is 4.79 Å². The second-order valence-corrected chi connectivity index (χ2v) is 9.12. The van der Waals surface area contributed by atoms with Crippen LogP contribution in [0.4, 0.5) is 0 Å². The highest BCUT2D eigenvalue weighted by molar-refractivity contribution is 7.89. The number of ketones is 1. The molecule has 2 aromatic carbocycles. The van der Waals surface area contributed by atoms with Gasteiger partial charge in [0.25, 0.3) is 0 Å². The number of ether oxygens (including phenoxy) is 2. The lowest BCUT2D eigenvalue weighted by molar-refractivity contribution is 0.0991. The molecule has 0 amide bonds. The topological polar surface area (TPSA) is 84.9 Å². The van der Waals surface area contributed by atoms with Crippen molar-refractivity contribution in [2.45, 2.75) is 24.2 Å².